The number of pyridine rings is 1. The highest BCUT2D eigenvalue weighted by atomic mass is 16.2. The summed E-state index contributed by atoms with van der Waals surface area (Å²) in [6, 6.07) is 3.58. The zero-order valence-electron chi connectivity index (χ0n) is 17.7. The van der Waals surface area contributed by atoms with E-state index in [1.807, 2.05) is 6.07 Å². The Balaban J connectivity index is 1.61. The summed E-state index contributed by atoms with van der Waals surface area (Å²) in [7, 11) is 0. The van der Waals surface area contributed by atoms with Crippen molar-refractivity contribution in [2.75, 3.05) is 19.6 Å². The number of nitrogens with one attached hydrogen (secondary N) is 2. The van der Waals surface area contributed by atoms with E-state index in [0.717, 1.165) is 31.2 Å². The molecule has 10 N–H and O–H groups in total. The average Bonchev–Trinajstić information content (AvgIpc) is 3.54. The molecule has 1 heterocycles. The van der Waals surface area contributed by atoms with E-state index in [4.69, 9.17) is 23.2 Å². The molecule has 1 saturated carbocycles. The fourth-order valence-corrected chi connectivity index (χ4v) is 2.72. The minimum Gasteiger partial charge on any atom is -0.393 e. The van der Waals surface area contributed by atoms with Crippen molar-refractivity contribution in [2.24, 2.45) is 29.1 Å². The molecule has 2 rings (SSSR count). The van der Waals surface area contributed by atoms with Crippen LogP contribution in [0.4, 0.5) is 0 Å². The van der Waals surface area contributed by atoms with E-state index in [9.17, 15) is 9.59 Å². The molecule has 170 valence electrons. The summed E-state index contributed by atoms with van der Waals surface area (Å²) >= 11 is 0. The van der Waals surface area contributed by atoms with Crippen LogP contribution in [0.15, 0.2) is 48.4 Å². The standard InChI is InChI=1S/C20H33N9O2/c21-17(20(31)26-12-15-5-6-15)13-28(23)8-1-2-9-29(24)14-18(22)27-19(30)10-16-4-3-7-25-11-16/h3-4,7,11,13-15H,1-2,5-6,8-10,12,21-24H2,(H,26,31)(H,27,30)/b17-13-,18-14+. The number of carbonyl (C=O) groups is 2. The Bertz CT molecular complexity index is 778. The second-order valence-corrected chi connectivity index (χ2v) is 7.59. The molecule has 0 saturated heterocycles. The molecule has 0 radical (unpaired) electrons. The highest BCUT2D eigenvalue weighted by molar-refractivity contribution is 5.92. The third-order valence-electron chi connectivity index (χ3n) is 4.57. The summed E-state index contributed by atoms with van der Waals surface area (Å²) in [5, 5.41) is 8.16. The van der Waals surface area contributed by atoms with E-state index in [0.29, 0.717) is 25.6 Å². The predicted octanol–water partition coefficient (Wildman–Crippen LogP) is -1.04. The van der Waals surface area contributed by atoms with E-state index >= 15 is 0 Å². The lowest BCUT2D eigenvalue weighted by molar-refractivity contribution is -0.120. The fraction of sp³-hybridized carbons (Fsp3) is 0.450. The Labute approximate surface area is 182 Å². The van der Waals surface area contributed by atoms with Gasteiger partial charge in [0.2, 0.25) is 5.91 Å². The molecule has 0 spiro atoms. The number of amides is 2. The van der Waals surface area contributed by atoms with E-state index in [1.165, 1.54) is 22.4 Å². The van der Waals surface area contributed by atoms with Crippen LogP contribution in [-0.2, 0) is 16.0 Å². The first-order valence-corrected chi connectivity index (χ1v) is 10.3. The molecule has 1 aliphatic carbocycles. The van der Waals surface area contributed by atoms with Crippen LogP contribution < -0.4 is 33.8 Å². The third kappa shape index (κ3) is 10.3. The largest absolute Gasteiger partial charge is 0.393 e. The van der Waals surface area contributed by atoms with Crippen molar-refractivity contribution >= 4 is 11.8 Å². The van der Waals surface area contributed by atoms with Crippen LogP contribution in [-0.4, -0.2) is 46.5 Å². The zero-order chi connectivity index (χ0) is 22.6. The Morgan fingerprint density at radius 1 is 1.13 bits per heavy atom. The number of rotatable bonds is 13. The topological polar surface area (TPSA) is 182 Å². The lowest BCUT2D eigenvalue weighted by atomic mass is 10.2. The van der Waals surface area contributed by atoms with Gasteiger partial charge < -0.3 is 32.1 Å². The Kier molecular flexibility index (Phi) is 9.59. The first-order chi connectivity index (χ1) is 14.8. The van der Waals surface area contributed by atoms with Gasteiger partial charge in [-0.1, -0.05) is 6.07 Å². The molecule has 0 atom stereocenters. The summed E-state index contributed by atoms with van der Waals surface area (Å²) in [6.45, 7) is 1.67. The van der Waals surface area contributed by atoms with E-state index in [-0.39, 0.29) is 29.8 Å². The summed E-state index contributed by atoms with van der Waals surface area (Å²) in [5.41, 5.74) is 12.5. The number of hydrazine groups is 2. The molecule has 1 aromatic rings. The van der Waals surface area contributed by atoms with Gasteiger partial charge in [-0.15, -0.1) is 0 Å². The van der Waals surface area contributed by atoms with Crippen molar-refractivity contribution in [3.05, 3.63) is 54.0 Å². The SMILES string of the molecule is N/C(=C\N(N)CCCCN(N)/C=C(\N)NC(=O)Cc1cccnc1)C(=O)NCC1CC1. The van der Waals surface area contributed by atoms with Crippen LogP contribution in [0.5, 0.6) is 0 Å². The van der Waals surface area contributed by atoms with Crippen molar-refractivity contribution in [1.29, 1.82) is 0 Å². The molecule has 2 amide bonds. The second-order valence-electron chi connectivity index (χ2n) is 7.59. The van der Waals surface area contributed by atoms with Crippen LogP contribution in [0.25, 0.3) is 0 Å². The molecule has 11 nitrogen and oxygen atoms in total. The van der Waals surface area contributed by atoms with E-state index < -0.39 is 0 Å². The minimum atomic E-state index is -0.304. The lowest BCUT2D eigenvalue weighted by Crippen LogP contribution is -2.35. The van der Waals surface area contributed by atoms with E-state index in [2.05, 4.69) is 15.6 Å². The molecular formula is C20H33N9O2. The zero-order valence-corrected chi connectivity index (χ0v) is 17.7. The molecule has 0 aromatic carbocycles. The minimum absolute atomic E-state index is 0.0846. The monoisotopic (exact) mass is 431 g/mol. The van der Waals surface area contributed by atoms with Gasteiger partial charge in [0, 0.05) is 38.2 Å². The number of nitrogens with two attached hydrogens (primary N) is 4. The van der Waals surface area contributed by atoms with Gasteiger partial charge >= 0.3 is 0 Å². The second kappa shape index (κ2) is 12.4. The number of hydrogen-bond acceptors (Lipinski definition) is 9. The van der Waals surface area contributed by atoms with Gasteiger partial charge in [0.05, 0.1) is 12.6 Å². The number of unbranched alkanes of at least 4 members (excludes halogenated alkanes) is 1. The first-order valence-electron chi connectivity index (χ1n) is 10.3. The van der Waals surface area contributed by atoms with Crippen molar-refractivity contribution < 1.29 is 9.59 Å². The van der Waals surface area contributed by atoms with Crippen molar-refractivity contribution in [2.45, 2.75) is 32.1 Å². The maximum Gasteiger partial charge on any atom is 0.268 e. The molecule has 0 aliphatic heterocycles. The van der Waals surface area contributed by atoms with Crippen LogP contribution >= 0.6 is 0 Å². The quantitative estimate of drug-likeness (QED) is 0.0983. The van der Waals surface area contributed by atoms with Crippen LogP contribution in [0.2, 0.25) is 0 Å². The van der Waals surface area contributed by atoms with Gasteiger partial charge in [-0.05, 0) is 43.2 Å². The molecular weight excluding hydrogens is 398 g/mol. The lowest BCUT2D eigenvalue weighted by Gasteiger charge is -2.17. The van der Waals surface area contributed by atoms with Gasteiger partial charge in [-0.2, -0.15) is 0 Å². The predicted molar refractivity (Wildman–Crippen MR) is 117 cm³/mol. The molecule has 11 heteroatoms. The Morgan fingerprint density at radius 2 is 1.81 bits per heavy atom. The number of nitrogens with zero attached hydrogens (tertiary/aromatic N) is 3. The van der Waals surface area contributed by atoms with Gasteiger partial charge in [0.15, 0.2) is 0 Å². The summed E-state index contributed by atoms with van der Waals surface area (Å²) < 4.78 is 0. The first kappa shape index (κ1) is 24.0. The van der Waals surface area contributed by atoms with Gasteiger partial charge in [-0.3, -0.25) is 14.6 Å². The number of carbonyl (C=O) groups excluding carboxylic acids is 2. The van der Waals surface area contributed by atoms with Crippen LogP contribution in [0, 0.1) is 5.92 Å². The van der Waals surface area contributed by atoms with Crippen molar-refractivity contribution in [1.82, 2.24) is 25.6 Å². The number of hydrogen-bond donors (Lipinski definition) is 6. The van der Waals surface area contributed by atoms with Gasteiger partial charge in [0.1, 0.15) is 11.5 Å². The molecule has 1 aliphatic rings. The third-order valence-corrected chi connectivity index (χ3v) is 4.57. The molecule has 0 bridgehead atoms. The summed E-state index contributed by atoms with van der Waals surface area (Å²) in [5.74, 6) is 11.9. The maximum absolute atomic E-state index is 12.0. The molecule has 1 aromatic heterocycles. The normalized spacial score (nSPS) is 14.1. The molecule has 0 unspecified atom stereocenters. The average molecular weight is 432 g/mol. The summed E-state index contributed by atoms with van der Waals surface area (Å²) in [6.07, 6.45) is 10.1. The van der Waals surface area contributed by atoms with Crippen LogP contribution in [0.3, 0.4) is 0 Å². The molecule has 31 heavy (non-hydrogen) atoms. The summed E-state index contributed by atoms with van der Waals surface area (Å²) in [4.78, 5) is 27.8. The molecule has 1 fully saturated rings. The Hall–Kier alpha value is -3.31. The number of aromatic nitrogens is 1. The van der Waals surface area contributed by atoms with Crippen LogP contribution in [0.1, 0.15) is 31.2 Å². The highest BCUT2D eigenvalue weighted by Gasteiger charge is 2.22. The van der Waals surface area contributed by atoms with E-state index in [1.54, 1.807) is 18.5 Å². The maximum atomic E-state index is 12.0. The van der Waals surface area contributed by atoms with Crippen molar-refractivity contribution in [3.8, 4) is 0 Å². The van der Waals surface area contributed by atoms with Gasteiger partial charge in [0.25, 0.3) is 5.91 Å². The smallest absolute Gasteiger partial charge is 0.268 e. The fourth-order valence-electron chi connectivity index (χ4n) is 2.72. The van der Waals surface area contributed by atoms with Gasteiger partial charge in [-0.25, -0.2) is 11.7 Å². The highest BCUT2D eigenvalue weighted by Crippen LogP contribution is 2.27. The van der Waals surface area contributed by atoms with Crippen molar-refractivity contribution in [3.63, 3.8) is 0 Å². The Morgan fingerprint density at radius 3 is 2.42 bits per heavy atom.